The second-order valence-electron chi connectivity index (χ2n) is 3.41. The fraction of sp³-hybridized carbons (Fsp3) is 0.182. The predicted octanol–water partition coefficient (Wildman–Crippen LogP) is 2.87. The van der Waals surface area contributed by atoms with Gasteiger partial charge in [-0.1, -0.05) is 22.0 Å². The lowest BCUT2D eigenvalue weighted by molar-refractivity contribution is 0.636. The summed E-state index contributed by atoms with van der Waals surface area (Å²) in [7, 11) is 0. The van der Waals surface area contributed by atoms with Gasteiger partial charge >= 0.3 is 0 Å². The molecule has 15 heavy (non-hydrogen) atoms. The van der Waals surface area contributed by atoms with Crippen molar-refractivity contribution in [2.45, 2.75) is 12.3 Å². The molecule has 0 aliphatic heterocycles. The van der Waals surface area contributed by atoms with Gasteiger partial charge in [0.1, 0.15) is 5.82 Å². The molecule has 2 rings (SSSR count). The summed E-state index contributed by atoms with van der Waals surface area (Å²) < 4.78 is 13.5. The molecule has 0 saturated carbocycles. The Hall–Kier alpha value is -1.16. The summed E-state index contributed by atoms with van der Waals surface area (Å²) in [5, 5.41) is 1.32. The number of benzene rings is 1. The van der Waals surface area contributed by atoms with E-state index in [1.54, 1.807) is 6.07 Å². The van der Waals surface area contributed by atoms with E-state index in [2.05, 4.69) is 20.9 Å². The molecule has 0 amide bonds. The van der Waals surface area contributed by atoms with Crippen molar-refractivity contribution in [3.8, 4) is 0 Å². The Bertz CT molecular complexity index is 577. The van der Waals surface area contributed by atoms with Crippen LogP contribution >= 0.6 is 15.9 Å². The molecule has 0 aliphatic carbocycles. The van der Waals surface area contributed by atoms with E-state index in [4.69, 9.17) is 0 Å². The third-order valence-electron chi connectivity index (χ3n) is 2.38. The maximum Gasteiger partial charge on any atom is 0.248 e. The van der Waals surface area contributed by atoms with Crippen LogP contribution in [0.2, 0.25) is 0 Å². The summed E-state index contributed by atoms with van der Waals surface area (Å²) in [6, 6.07) is 4.57. The lowest BCUT2D eigenvalue weighted by Gasteiger charge is -2.07. The Kier molecular flexibility index (Phi) is 2.61. The van der Waals surface area contributed by atoms with Crippen LogP contribution in [0.5, 0.6) is 0 Å². The van der Waals surface area contributed by atoms with E-state index in [0.29, 0.717) is 5.33 Å². The number of pyridine rings is 1. The monoisotopic (exact) mass is 269 g/mol. The molecule has 1 heterocycles. The lowest BCUT2D eigenvalue weighted by atomic mass is 10.0. The number of halogens is 2. The van der Waals surface area contributed by atoms with Crippen LogP contribution in [0.1, 0.15) is 11.1 Å². The molecule has 4 heteroatoms. The van der Waals surface area contributed by atoms with Gasteiger partial charge in [-0.05, 0) is 24.1 Å². The number of aromatic amines is 1. The number of aryl methyl sites for hydroxylation is 1. The number of H-pyrrole nitrogens is 1. The molecule has 1 aromatic carbocycles. The van der Waals surface area contributed by atoms with Crippen LogP contribution in [-0.4, -0.2) is 4.98 Å². The van der Waals surface area contributed by atoms with Crippen LogP contribution in [0, 0.1) is 12.7 Å². The van der Waals surface area contributed by atoms with Crippen molar-refractivity contribution < 1.29 is 4.39 Å². The average molecular weight is 270 g/mol. The maximum absolute atomic E-state index is 13.5. The van der Waals surface area contributed by atoms with E-state index in [0.717, 1.165) is 16.5 Å². The topological polar surface area (TPSA) is 32.9 Å². The summed E-state index contributed by atoms with van der Waals surface area (Å²) in [5.41, 5.74) is 1.78. The zero-order valence-electron chi connectivity index (χ0n) is 8.10. The molecule has 78 valence electrons. The number of rotatable bonds is 1. The normalized spacial score (nSPS) is 10.9. The minimum atomic E-state index is -0.393. The molecule has 0 radical (unpaired) electrons. The lowest BCUT2D eigenvalue weighted by Crippen LogP contribution is -2.07. The van der Waals surface area contributed by atoms with E-state index in [1.165, 1.54) is 12.1 Å². The number of aromatic nitrogens is 1. The van der Waals surface area contributed by atoms with Crippen LogP contribution in [0.15, 0.2) is 23.0 Å². The third kappa shape index (κ3) is 1.69. The summed E-state index contributed by atoms with van der Waals surface area (Å²) in [5.74, 6) is -0.393. The third-order valence-corrected chi connectivity index (χ3v) is 2.99. The van der Waals surface area contributed by atoms with E-state index >= 15 is 0 Å². The van der Waals surface area contributed by atoms with E-state index in [-0.39, 0.29) is 11.1 Å². The zero-order valence-corrected chi connectivity index (χ0v) is 9.69. The largest absolute Gasteiger partial charge is 0.319 e. The van der Waals surface area contributed by atoms with Crippen LogP contribution < -0.4 is 5.56 Å². The van der Waals surface area contributed by atoms with Gasteiger partial charge in [0.05, 0.1) is 5.52 Å². The first-order chi connectivity index (χ1) is 7.13. The molecule has 0 aliphatic rings. The van der Waals surface area contributed by atoms with Gasteiger partial charge in [-0.3, -0.25) is 4.79 Å². The first-order valence-electron chi connectivity index (χ1n) is 4.50. The van der Waals surface area contributed by atoms with Crippen molar-refractivity contribution in [3.63, 3.8) is 0 Å². The fourth-order valence-corrected chi connectivity index (χ4v) is 2.15. The number of hydrogen-bond acceptors (Lipinski definition) is 1. The summed E-state index contributed by atoms with van der Waals surface area (Å²) in [6.07, 6.45) is 0. The standard InChI is InChI=1S/C11H9BrFNO/c1-6-2-3-8(13)11-10(6)7(5-12)4-9(15)14-11/h2-4H,5H2,1H3,(H,14,15). The van der Waals surface area contributed by atoms with Gasteiger partial charge in [0, 0.05) is 16.8 Å². The van der Waals surface area contributed by atoms with Crippen LogP contribution in [0.4, 0.5) is 4.39 Å². The van der Waals surface area contributed by atoms with Crippen molar-refractivity contribution in [2.75, 3.05) is 0 Å². The van der Waals surface area contributed by atoms with E-state index in [9.17, 15) is 9.18 Å². The molecular weight excluding hydrogens is 261 g/mol. The van der Waals surface area contributed by atoms with Crippen molar-refractivity contribution in [1.29, 1.82) is 0 Å². The molecule has 0 atom stereocenters. The molecule has 0 saturated heterocycles. The maximum atomic E-state index is 13.5. The van der Waals surface area contributed by atoms with Gasteiger partial charge in [0.2, 0.25) is 5.56 Å². The highest BCUT2D eigenvalue weighted by Gasteiger charge is 2.08. The van der Waals surface area contributed by atoms with Crippen LogP contribution in [0.25, 0.3) is 10.9 Å². The minimum Gasteiger partial charge on any atom is -0.319 e. The van der Waals surface area contributed by atoms with Gasteiger partial charge in [0.25, 0.3) is 0 Å². The van der Waals surface area contributed by atoms with Crippen LogP contribution in [0.3, 0.4) is 0 Å². The van der Waals surface area contributed by atoms with E-state index in [1.807, 2.05) is 6.92 Å². The highest BCUT2D eigenvalue weighted by atomic mass is 79.9. The van der Waals surface area contributed by atoms with Gasteiger partial charge in [-0.2, -0.15) is 0 Å². The average Bonchev–Trinajstić information content (AvgIpc) is 2.22. The SMILES string of the molecule is Cc1ccc(F)c2[nH]c(=O)cc(CBr)c12. The molecule has 0 bridgehead atoms. The summed E-state index contributed by atoms with van der Waals surface area (Å²) in [6.45, 7) is 1.90. The number of nitrogens with one attached hydrogen (secondary N) is 1. The second-order valence-corrected chi connectivity index (χ2v) is 3.97. The first kappa shape index (κ1) is 10.4. The Balaban J connectivity index is 3.01. The van der Waals surface area contributed by atoms with Gasteiger partial charge in [-0.25, -0.2) is 4.39 Å². The van der Waals surface area contributed by atoms with Crippen molar-refractivity contribution in [1.82, 2.24) is 4.98 Å². The molecule has 2 nitrogen and oxygen atoms in total. The van der Waals surface area contributed by atoms with Crippen molar-refractivity contribution in [2.24, 2.45) is 0 Å². The number of alkyl halides is 1. The quantitative estimate of drug-likeness (QED) is 0.794. The Morgan fingerprint density at radius 2 is 2.20 bits per heavy atom. The smallest absolute Gasteiger partial charge is 0.248 e. The minimum absolute atomic E-state index is 0.276. The fourth-order valence-electron chi connectivity index (χ4n) is 1.71. The molecule has 0 spiro atoms. The van der Waals surface area contributed by atoms with Crippen molar-refractivity contribution >= 4 is 26.8 Å². The predicted molar refractivity (Wildman–Crippen MR) is 61.9 cm³/mol. The van der Waals surface area contributed by atoms with E-state index < -0.39 is 5.82 Å². The van der Waals surface area contributed by atoms with Gasteiger partial charge in [0.15, 0.2) is 0 Å². The summed E-state index contributed by atoms with van der Waals surface area (Å²) in [4.78, 5) is 13.8. The molecule has 1 aromatic heterocycles. The number of hydrogen-bond donors (Lipinski definition) is 1. The highest BCUT2D eigenvalue weighted by Crippen LogP contribution is 2.23. The Morgan fingerprint density at radius 1 is 1.47 bits per heavy atom. The Labute approximate surface area is 94.3 Å². The van der Waals surface area contributed by atoms with Gasteiger partial charge < -0.3 is 4.98 Å². The van der Waals surface area contributed by atoms with Crippen LogP contribution in [-0.2, 0) is 5.33 Å². The number of fused-ring (bicyclic) bond motifs is 1. The molecule has 2 aromatic rings. The summed E-state index contributed by atoms with van der Waals surface area (Å²) >= 11 is 3.30. The molecule has 0 unspecified atom stereocenters. The second kappa shape index (κ2) is 3.77. The van der Waals surface area contributed by atoms with Gasteiger partial charge in [-0.15, -0.1) is 0 Å². The molecule has 0 fully saturated rings. The van der Waals surface area contributed by atoms with Crippen molar-refractivity contribution in [3.05, 3.63) is 45.5 Å². The first-order valence-corrected chi connectivity index (χ1v) is 5.62. The Morgan fingerprint density at radius 3 is 2.87 bits per heavy atom. The molecule has 1 N–H and O–H groups in total. The zero-order chi connectivity index (χ0) is 11.0. The highest BCUT2D eigenvalue weighted by molar-refractivity contribution is 9.08. The molecular formula is C11H9BrFNO.